The van der Waals surface area contributed by atoms with Crippen molar-refractivity contribution >= 4 is 67.2 Å². The summed E-state index contributed by atoms with van der Waals surface area (Å²) in [6.45, 7) is 16.9. The van der Waals surface area contributed by atoms with E-state index in [1.807, 2.05) is 49.5 Å². The van der Waals surface area contributed by atoms with Gasteiger partial charge in [-0.25, -0.2) is 0 Å². The maximum atomic E-state index is 13.4. The normalized spacial score (nSPS) is 24.1. The first kappa shape index (κ1) is 54.8. The molecule has 10 heteroatoms. The lowest BCUT2D eigenvalue weighted by Crippen LogP contribution is -3.00. The SMILES string of the molecule is C.CCN1C(=CC2C([O-])C(C=C3N(C)c4ccc5ccccc5c4C3(C)C)C2[O-])C=Cc2ccccc21.CC[n+]1c(C)ccc2ccccc21.CN1C(=CC2C(=O)C(=O)C2O)C(C)(C)c2c1ccc1ccccc21.[I-]. The third-order valence-corrected chi connectivity index (χ3v) is 16.3. The van der Waals surface area contributed by atoms with E-state index >= 15 is 0 Å². The van der Waals surface area contributed by atoms with Crippen LogP contribution in [-0.4, -0.2) is 55.6 Å². The number of Topliss-reactive ketones (excluding diaryl/α,β-unsaturated/α-hetero) is 2. The number of hydrogen-bond acceptors (Lipinski definition) is 8. The molecule has 7 aromatic rings. The van der Waals surface area contributed by atoms with Crippen LogP contribution in [0.15, 0.2) is 175 Å². The molecule has 1 N–H and O–H groups in total. The molecule has 12 rings (SSSR count). The molecule has 1 aromatic heterocycles. The van der Waals surface area contributed by atoms with Gasteiger partial charge in [0.05, 0.1) is 5.92 Å². The third-order valence-electron chi connectivity index (χ3n) is 16.3. The molecule has 0 spiro atoms. The largest absolute Gasteiger partial charge is 1.00 e. The number of aliphatic hydroxyl groups is 1. The molecule has 75 heavy (non-hydrogen) atoms. The first-order chi connectivity index (χ1) is 35.0. The van der Waals surface area contributed by atoms with E-state index in [4.69, 9.17) is 0 Å². The average molecular weight is 1110 g/mol. The maximum absolute atomic E-state index is 13.4. The molecule has 2 saturated carbocycles. The number of fused-ring (bicyclic) bond motifs is 8. The second-order valence-corrected chi connectivity index (χ2v) is 21.1. The summed E-state index contributed by atoms with van der Waals surface area (Å²) in [5.41, 5.74) is 12.0. The number of likely N-dealkylation sites (N-methyl/N-ethyl adjacent to an activating group) is 3. The van der Waals surface area contributed by atoms with Crippen molar-refractivity contribution in [2.75, 3.05) is 35.3 Å². The monoisotopic (exact) mass is 1110 g/mol. The van der Waals surface area contributed by atoms with Crippen LogP contribution in [0.3, 0.4) is 0 Å². The van der Waals surface area contributed by atoms with Crippen LogP contribution in [0.2, 0.25) is 0 Å². The van der Waals surface area contributed by atoms with E-state index in [9.17, 15) is 24.9 Å². The maximum Gasteiger partial charge on any atom is 0.228 e. The summed E-state index contributed by atoms with van der Waals surface area (Å²) >= 11 is 0. The molecule has 2 aliphatic carbocycles. The topological polar surface area (TPSA) is 114 Å². The number of benzene rings is 6. The lowest BCUT2D eigenvalue weighted by atomic mass is 9.67. The molecule has 3 aliphatic heterocycles. The van der Waals surface area contributed by atoms with E-state index < -0.39 is 47.6 Å². The van der Waals surface area contributed by atoms with E-state index in [2.05, 4.69) is 190 Å². The van der Waals surface area contributed by atoms with Crippen molar-refractivity contribution < 1.29 is 53.5 Å². The molecule has 4 heterocycles. The molecule has 4 atom stereocenters. The van der Waals surface area contributed by atoms with Gasteiger partial charge < -0.3 is 54.0 Å². The standard InChI is InChI=1S/C32H32N2O2.C20H19NO3.C12H14N.CH4.HI/c1-5-34-22(16-14-21-11-7-9-13-26(21)34)18-24-30(35)25(31(24)36)19-28-32(2,3)29-23-12-8-6-10-20(23)15-17-27(29)33(28)4;1-20(2)15(10-13-17(22)19(24)18(13)23)21(3)14-9-8-11-6-4-5-7-12(11)16(14)20;1-3-13-10(2)8-9-11-6-4-5-7-12(11)13;;/h6-19,24-25,30-31H,5H2,1-4H3;4-10,13,17,22H,1-3H3;4-9H,3H2,1-2H3;1H4;1H/q-2;;+1;;/p-1. The summed E-state index contributed by atoms with van der Waals surface area (Å²) in [6.07, 6.45) is 6.70. The number of allylic oxidation sites excluding steroid dienone is 3. The Bertz CT molecular complexity index is 3470. The van der Waals surface area contributed by atoms with Crippen LogP contribution in [0.1, 0.15) is 71.4 Å². The summed E-state index contributed by atoms with van der Waals surface area (Å²) in [5.74, 6) is -2.96. The number of rotatable bonds is 5. The minimum atomic E-state index is -1.20. The molecule has 0 radical (unpaired) electrons. The lowest BCUT2D eigenvalue weighted by Gasteiger charge is -2.60. The van der Waals surface area contributed by atoms with Gasteiger partial charge in [-0.05, 0) is 100 Å². The van der Waals surface area contributed by atoms with Gasteiger partial charge in [0.2, 0.25) is 17.1 Å². The molecule has 5 aliphatic rings. The van der Waals surface area contributed by atoms with Gasteiger partial charge in [0.1, 0.15) is 12.6 Å². The molecular weight excluding hydrogens is 1040 g/mol. The van der Waals surface area contributed by atoms with Crippen molar-refractivity contribution in [3.8, 4) is 0 Å². The Kier molecular flexibility index (Phi) is 15.6. The zero-order chi connectivity index (χ0) is 51.7. The summed E-state index contributed by atoms with van der Waals surface area (Å²) in [4.78, 5) is 29.6. The van der Waals surface area contributed by atoms with Crippen LogP contribution in [0.25, 0.3) is 38.5 Å². The van der Waals surface area contributed by atoms with Crippen LogP contribution in [0, 0.1) is 24.7 Å². The smallest absolute Gasteiger partial charge is 0.228 e. The fourth-order valence-electron chi connectivity index (χ4n) is 12.3. The summed E-state index contributed by atoms with van der Waals surface area (Å²) in [6, 6.07) is 46.2. The highest BCUT2D eigenvalue weighted by Crippen LogP contribution is 2.53. The van der Waals surface area contributed by atoms with Gasteiger partial charge in [0.15, 0.2) is 5.69 Å². The number of carbonyl (C=O) groups excluding carboxylic acids is 2. The number of anilines is 3. The number of halogens is 1. The lowest BCUT2D eigenvalue weighted by molar-refractivity contribution is -0.673. The molecule has 0 saturated heterocycles. The number of aromatic nitrogens is 1. The summed E-state index contributed by atoms with van der Waals surface area (Å²) in [7, 11) is 4.01. The minimum absolute atomic E-state index is 0. The van der Waals surface area contributed by atoms with Gasteiger partial charge in [-0.15, -0.1) is 12.2 Å². The fraction of sp³-hybridized carbons (Fsp3) is 0.308. The number of aliphatic hydroxyl groups excluding tert-OH is 1. The van der Waals surface area contributed by atoms with Crippen LogP contribution in [0.5, 0.6) is 0 Å². The van der Waals surface area contributed by atoms with Gasteiger partial charge >= 0.3 is 0 Å². The van der Waals surface area contributed by atoms with E-state index in [1.165, 1.54) is 49.3 Å². The second kappa shape index (κ2) is 21.3. The minimum Gasteiger partial charge on any atom is -1.00 e. The molecule has 9 nitrogen and oxygen atoms in total. The number of ketones is 2. The van der Waals surface area contributed by atoms with E-state index in [0.29, 0.717) is 0 Å². The van der Waals surface area contributed by atoms with Crippen LogP contribution in [-0.2, 0) is 27.0 Å². The first-order valence-corrected chi connectivity index (χ1v) is 25.7. The number of carbonyl (C=O) groups is 2. The van der Waals surface area contributed by atoms with Gasteiger partial charge in [-0.2, -0.15) is 4.57 Å². The molecule has 0 amide bonds. The molecule has 6 aromatic carbocycles. The second-order valence-electron chi connectivity index (χ2n) is 21.1. The van der Waals surface area contributed by atoms with Gasteiger partial charge in [-0.1, -0.05) is 150 Å². The van der Waals surface area contributed by atoms with Crippen molar-refractivity contribution in [2.45, 2.75) is 91.6 Å². The Labute approximate surface area is 459 Å². The summed E-state index contributed by atoms with van der Waals surface area (Å²) in [5, 5.41) is 42.8. The van der Waals surface area contributed by atoms with Crippen molar-refractivity contribution in [2.24, 2.45) is 17.8 Å². The van der Waals surface area contributed by atoms with Crippen LogP contribution >= 0.6 is 0 Å². The Morgan fingerprint density at radius 3 is 1.65 bits per heavy atom. The van der Waals surface area contributed by atoms with Gasteiger partial charge in [0, 0.05) is 90.1 Å². The zero-order valence-electron chi connectivity index (χ0n) is 43.7. The van der Waals surface area contributed by atoms with Gasteiger partial charge in [0.25, 0.3) is 0 Å². The zero-order valence-corrected chi connectivity index (χ0v) is 45.9. The van der Waals surface area contributed by atoms with Crippen molar-refractivity contribution in [1.82, 2.24) is 0 Å². The van der Waals surface area contributed by atoms with Crippen LogP contribution in [0.4, 0.5) is 17.1 Å². The number of hydrogen-bond donors (Lipinski definition) is 1. The van der Waals surface area contributed by atoms with Crippen molar-refractivity contribution in [3.63, 3.8) is 0 Å². The molecule has 388 valence electrons. The highest BCUT2D eigenvalue weighted by molar-refractivity contribution is 6.47. The fourth-order valence-corrected chi connectivity index (χ4v) is 12.3. The molecule has 0 bridgehead atoms. The third kappa shape index (κ3) is 9.21. The predicted molar refractivity (Wildman–Crippen MR) is 299 cm³/mol. The van der Waals surface area contributed by atoms with Crippen LogP contribution < -0.4 is 53.5 Å². The average Bonchev–Trinajstić information content (AvgIpc) is 3.74. The number of para-hydroxylation sites is 2. The Balaban J connectivity index is 0.000000165. The Morgan fingerprint density at radius 2 is 1.09 bits per heavy atom. The molecule has 2 fully saturated rings. The highest BCUT2D eigenvalue weighted by atomic mass is 127. The highest BCUT2D eigenvalue weighted by Gasteiger charge is 2.49. The summed E-state index contributed by atoms with van der Waals surface area (Å²) < 4.78 is 2.33. The van der Waals surface area contributed by atoms with E-state index in [1.54, 1.807) is 6.08 Å². The van der Waals surface area contributed by atoms with Gasteiger partial charge in [-0.3, -0.25) is 9.59 Å². The Hall–Kier alpha value is -6.44. The number of aryl methyl sites for hydroxylation is 2. The van der Waals surface area contributed by atoms with E-state index in [0.717, 1.165) is 52.8 Å². The Morgan fingerprint density at radius 1 is 0.600 bits per heavy atom. The van der Waals surface area contributed by atoms with E-state index in [-0.39, 0.29) is 42.2 Å². The number of nitrogens with zero attached hydrogens (tertiary/aromatic N) is 4. The molecule has 4 unspecified atom stereocenters. The van der Waals surface area contributed by atoms with Crippen molar-refractivity contribution in [3.05, 3.63) is 197 Å². The predicted octanol–water partition coefficient (Wildman–Crippen LogP) is 7.27. The quantitative estimate of drug-likeness (QED) is 0.109. The number of pyridine rings is 1. The first-order valence-electron chi connectivity index (χ1n) is 25.7. The van der Waals surface area contributed by atoms with Crippen molar-refractivity contribution in [1.29, 1.82) is 0 Å². The molecular formula is C65H69IN4O5-2.